The lowest BCUT2D eigenvalue weighted by atomic mass is 9.90. The molecule has 0 saturated carbocycles. The van der Waals surface area contributed by atoms with Gasteiger partial charge in [-0.1, -0.05) is 41.4 Å². The molecule has 5 heteroatoms. The summed E-state index contributed by atoms with van der Waals surface area (Å²) in [5, 5.41) is 13.2. The van der Waals surface area contributed by atoms with Crippen LogP contribution in [-0.2, 0) is 15.2 Å². The number of fused-ring (bicyclic) bond motifs is 1. The number of allylic oxidation sites excluding steroid dienone is 2. The number of nitrogens with one attached hydrogen (secondary N) is 1. The zero-order valence-corrected chi connectivity index (χ0v) is 12.7. The van der Waals surface area contributed by atoms with Gasteiger partial charge in [-0.3, -0.25) is 9.59 Å². The van der Waals surface area contributed by atoms with Crippen LogP contribution in [0.5, 0.6) is 0 Å². The number of hydrogen-bond acceptors (Lipinski definition) is 3. The molecule has 0 radical (unpaired) electrons. The molecule has 0 aromatic heterocycles. The lowest BCUT2D eigenvalue weighted by Crippen LogP contribution is -2.36. The first-order valence-corrected chi connectivity index (χ1v) is 7.30. The highest BCUT2D eigenvalue weighted by molar-refractivity contribution is 9.10. The Kier molecular flexibility index (Phi) is 4.40. The van der Waals surface area contributed by atoms with Crippen molar-refractivity contribution in [2.24, 2.45) is 0 Å². The van der Waals surface area contributed by atoms with E-state index >= 15 is 0 Å². The Hall–Kier alpha value is -1.46. The lowest BCUT2D eigenvalue weighted by molar-refractivity contribution is -0.138. The van der Waals surface area contributed by atoms with E-state index in [9.17, 15) is 14.7 Å². The molecule has 4 nitrogen and oxygen atoms in total. The fourth-order valence-corrected chi connectivity index (χ4v) is 2.94. The van der Waals surface area contributed by atoms with Gasteiger partial charge in [0.05, 0.1) is 6.42 Å². The molecule has 0 saturated heterocycles. The number of aliphatic hydroxyl groups is 1. The van der Waals surface area contributed by atoms with E-state index in [1.54, 1.807) is 24.3 Å². The second-order valence-corrected chi connectivity index (χ2v) is 5.67. The molecule has 0 bridgehead atoms. The quantitative estimate of drug-likeness (QED) is 0.812. The number of anilines is 1. The molecule has 2 rings (SSSR count). The first-order chi connectivity index (χ1) is 9.49. The maximum atomic E-state index is 12.0. The minimum Gasteiger partial charge on any atom is -0.375 e. The van der Waals surface area contributed by atoms with E-state index in [1.807, 2.05) is 6.92 Å². The number of hydrogen-bond donors (Lipinski definition) is 2. The van der Waals surface area contributed by atoms with Crippen molar-refractivity contribution in [2.75, 3.05) is 5.32 Å². The van der Waals surface area contributed by atoms with Gasteiger partial charge < -0.3 is 10.4 Å². The van der Waals surface area contributed by atoms with Gasteiger partial charge >= 0.3 is 0 Å². The summed E-state index contributed by atoms with van der Waals surface area (Å²) in [7, 11) is 0. The number of carbonyl (C=O) groups is 2. The third-order valence-corrected chi connectivity index (χ3v) is 3.90. The highest BCUT2D eigenvalue weighted by Gasteiger charge is 2.47. The molecule has 1 heterocycles. The van der Waals surface area contributed by atoms with Gasteiger partial charge in [-0.05, 0) is 24.6 Å². The predicted octanol–water partition coefficient (Wildman–Crippen LogP) is 2.90. The third kappa shape index (κ3) is 2.69. The minimum atomic E-state index is -1.80. The molecule has 20 heavy (non-hydrogen) atoms. The van der Waals surface area contributed by atoms with Crippen LogP contribution in [0.15, 0.2) is 34.8 Å². The summed E-state index contributed by atoms with van der Waals surface area (Å²) in [5.41, 5.74) is -0.831. The molecule has 1 aromatic rings. The lowest BCUT2D eigenvalue weighted by Gasteiger charge is -2.20. The number of ketones is 1. The average Bonchev–Trinajstić information content (AvgIpc) is 2.62. The summed E-state index contributed by atoms with van der Waals surface area (Å²) in [4.78, 5) is 23.9. The van der Waals surface area contributed by atoms with Crippen LogP contribution in [-0.4, -0.2) is 16.8 Å². The van der Waals surface area contributed by atoms with Crippen molar-refractivity contribution < 1.29 is 14.7 Å². The van der Waals surface area contributed by atoms with Crippen LogP contribution in [0.1, 0.15) is 31.7 Å². The normalized spacial score (nSPS) is 21.1. The molecule has 1 amide bonds. The number of benzene rings is 1. The zero-order valence-electron chi connectivity index (χ0n) is 11.1. The summed E-state index contributed by atoms with van der Waals surface area (Å²) >= 11 is 3.32. The molecule has 0 spiro atoms. The van der Waals surface area contributed by atoms with Crippen LogP contribution < -0.4 is 5.32 Å². The Morgan fingerprint density at radius 2 is 2.25 bits per heavy atom. The van der Waals surface area contributed by atoms with E-state index in [0.29, 0.717) is 15.7 Å². The second kappa shape index (κ2) is 5.89. The van der Waals surface area contributed by atoms with Crippen molar-refractivity contribution in [3.05, 3.63) is 40.4 Å². The molecule has 1 aliphatic heterocycles. The van der Waals surface area contributed by atoms with E-state index in [4.69, 9.17) is 0 Å². The molecule has 1 aliphatic rings. The Morgan fingerprint density at radius 3 is 2.95 bits per heavy atom. The molecule has 2 N–H and O–H groups in total. The number of amides is 1. The number of rotatable bonds is 5. The fourth-order valence-electron chi connectivity index (χ4n) is 2.25. The van der Waals surface area contributed by atoms with E-state index in [2.05, 4.69) is 21.2 Å². The molecule has 0 fully saturated rings. The standard InChI is InChI=1S/C15H16BrNO3/c1-2-3-4-6-10(18)9-15(20)13-11(16)7-5-8-12(13)17-14(15)19/h4-8,20H,2-3,9H2,1H3,(H,17,19)/b6-4+. The Bertz CT molecular complexity index is 582. The van der Waals surface area contributed by atoms with Gasteiger partial charge in [-0.15, -0.1) is 0 Å². The highest BCUT2D eigenvalue weighted by Crippen LogP contribution is 2.42. The average molecular weight is 338 g/mol. The zero-order chi connectivity index (χ0) is 14.8. The molecule has 1 unspecified atom stereocenters. The molecular weight excluding hydrogens is 322 g/mol. The van der Waals surface area contributed by atoms with E-state index in [-0.39, 0.29) is 12.2 Å². The Balaban J connectivity index is 2.27. The van der Waals surface area contributed by atoms with Crippen LogP contribution in [0.2, 0.25) is 0 Å². The van der Waals surface area contributed by atoms with Crippen molar-refractivity contribution in [3.63, 3.8) is 0 Å². The third-order valence-electron chi connectivity index (χ3n) is 3.24. The van der Waals surface area contributed by atoms with Gasteiger partial charge in [0.2, 0.25) is 0 Å². The minimum absolute atomic E-state index is 0.255. The maximum Gasteiger partial charge on any atom is 0.261 e. The summed E-state index contributed by atoms with van der Waals surface area (Å²) in [6.45, 7) is 2.01. The van der Waals surface area contributed by atoms with E-state index in [0.717, 1.165) is 12.8 Å². The highest BCUT2D eigenvalue weighted by atomic mass is 79.9. The largest absolute Gasteiger partial charge is 0.375 e. The van der Waals surface area contributed by atoms with Gasteiger partial charge in [-0.2, -0.15) is 0 Å². The Labute approximate surface area is 126 Å². The second-order valence-electron chi connectivity index (χ2n) is 4.81. The molecule has 106 valence electrons. The first-order valence-electron chi connectivity index (χ1n) is 6.51. The van der Waals surface area contributed by atoms with Crippen molar-refractivity contribution >= 4 is 33.3 Å². The maximum absolute atomic E-state index is 12.0. The van der Waals surface area contributed by atoms with E-state index < -0.39 is 11.5 Å². The predicted molar refractivity (Wildman–Crippen MR) is 80.3 cm³/mol. The van der Waals surface area contributed by atoms with E-state index in [1.165, 1.54) is 6.08 Å². The number of halogens is 1. The summed E-state index contributed by atoms with van der Waals surface area (Å²) in [6, 6.07) is 5.20. The molecular formula is C15H16BrNO3. The van der Waals surface area contributed by atoms with Crippen LogP contribution in [0.3, 0.4) is 0 Å². The molecule has 1 aromatic carbocycles. The summed E-state index contributed by atoms with van der Waals surface area (Å²) < 4.78 is 0.612. The van der Waals surface area contributed by atoms with Crippen LogP contribution in [0.4, 0.5) is 5.69 Å². The fraction of sp³-hybridized carbons (Fsp3) is 0.333. The number of unbranched alkanes of at least 4 members (excludes halogenated alkanes) is 1. The SMILES string of the molecule is CCC/C=C/C(=O)CC1(O)C(=O)Nc2cccc(Br)c21. The Morgan fingerprint density at radius 1 is 1.50 bits per heavy atom. The smallest absolute Gasteiger partial charge is 0.261 e. The van der Waals surface area contributed by atoms with Crippen LogP contribution in [0, 0.1) is 0 Å². The summed E-state index contributed by atoms with van der Waals surface area (Å²) in [6.07, 6.45) is 4.69. The van der Waals surface area contributed by atoms with Crippen molar-refractivity contribution in [3.8, 4) is 0 Å². The van der Waals surface area contributed by atoms with Gasteiger partial charge in [-0.25, -0.2) is 0 Å². The van der Waals surface area contributed by atoms with Gasteiger partial charge in [0.25, 0.3) is 5.91 Å². The van der Waals surface area contributed by atoms with Crippen molar-refractivity contribution in [1.82, 2.24) is 0 Å². The van der Waals surface area contributed by atoms with Crippen molar-refractivity contribution in [1.29, 1.82) is 0 Å². The molecule has 1 atom stereocenters. The topological polar surface area (TPSA) is 66.4 Å². The van der Waals surface area contributed by atoms with Crippen LogP contribution >= 0.6 is 15.9 Å². The number of carbonyl (C=O) groups excluding carboxylic acids is 2. The first kappa shape index (κ1) is 14.9. The van der Waals surface area contributed by atoms with Crippen molar-refractivity contribution in [2.45, 2.75) is 31.8 Å². The van der Waals surface area contributed by atoms with Gasteiger partial charge in [0.15, 0.2) is 11.4 Å². The summed E-state index contributed by atoms with van der Waals surface area (Å²) in [5.74, 6) is -0.823. The monoisotopic (exact) mass is 337 g/mol. The van der Waals surface area contributed by atoms with Crippen LogP contribution in [0.25, 0.3) is 0 Å². The van der Waals surface area contributed by atoms with Gasteiger partial charge in [0.1, 0.15) is 0 Å². The molecule has 0 aliphatic carbocycles. The van der Waals surface area contributed by atoms with Gasteiger partial charge in [0, 0.05) is 15.7 Å².